The van der Waals surface area contributed by atoms with Crippen LogP contribution >= 0.6 is 11.3 Å². The summed E-state index contributed by atoms with van der Waals surface area (Å²) in [5.41, 5.74) is 0. The van der Waals surface area contributed by atoms with Crippen molar-refractivity contribution >= 4 is 11.3 Å². The SMILES string of the molecule is CCc1noc(-c2sccc2O)n1. The van der Waals surface area contributed by atoms with Crippen LogP contribution in [0.25, 0.3) is 10.8 Å². The molecule has 0 saturated carbocycles. The average molecular weight is 196 g/mol. The van der Waals surface area contributed by atoms with Crippen LogP contribution in [0.15, 0.2) is 16.0 Å². The number of rotatable bonds is 2. The smallest absolute Gasteiger partial charge is 0.271 e. The molecule has 0 amide bonds. The highest BCUT2D eigenvalue weighted by Crippen LogP contribution is 2.32. The molecule has 2 rings (SSSR count). The van der Waals surface area contributed by atoms with Crippen LogP contribution < -0.4 is 0 Å². The molecule has 0 saturated heterocycles. The summed E-state index contributed by atoms with van der Waals surface area (Å²) in [5, 5.41) is 14.9. The van der Waals surface area contributed by atoms with E-state index in [2.05, 4.69) is 10.1 Å². The second kappa shape index (κ2) is 3.18. The molecule has 0 aliphatic heterocycles. The molecule has 0 fully saturated rings. The Kier molecular flexibility index (Phi) is 2.02. The monoisotopic (exact) mass is 196 g/mol. The van der Waals surface area contributed by atoms with Gasteiger partial charge in [0.15, 0.2) is 5.82 Å². The third-order valence-electron chi connectivity index (χ3n) is 1.62. The van der Waals surface area contributed by atoms with Gasteiger partial charge in [0.05, 0.1) is 0 Å². The molecule has 0 aliphatic rings. The summed E-state index contributed by atoms with van der Waals surface area (Å²) in [4.78, 5) is 4.74. The predicted molar refractivity (Wildman–Crippen MR) is 48.7 cm³/mol. The van der Waals surface area contributed by atoms with Crippen LogP contribution in [0.5, 0.6) is 5.75 Å². The van der Waals surface area contributed by atoms with E-state index in [9.17, 15) is 5.11 Å². The molecule has 0 aliphatic carbocycles. The van der Waals surface area contributed by atoms with E-state index < -0.39 is 0 Å². The first kappa shape index (κ1) is 8.25. The Morgan fingerprint density at radius 3 is 3.00 bits per heavy atom. The van der Waals surface area contributed by atoms with E-state index >= 15 is 0 Å². The minimum absolute atomic E-state index is 0.191. The molecular formula is C8H8N2O2S. The molecule has 1 N–H and O–H groups in total. The number of aromatic hydroxyl groups is 1. The van der Waals surface area contributed by atoms with E-state index in [1.165, 1.54) is 11.3 Å². The normalized spacial score (nSPS) is 10.5. The fourth-order valence-corrected chi connectivity index (χ4v) is 1.66. The largest absolute Gasteiger partial charge is 0.506 e. The standard InChI is InChI=1S/C8H8N2O2S/c1-2-6-9-8(12-10-6)7-5(11)3-4-13-7/h3-4,11H,2H2,1H3. The van der Waals surface area contributed by atoms with Crippen molar-refractivity contribution in [3.8, 4) is 16.5 Å². The first-order valence-corrected chi connectivity index (χ1v) is 4.78. The van der Waals surface area contributed by atoms with Gasteiger partial charge in [0.1, 0.15) is 10.6 Å². The van der Waals surface area contributed by atoms with Gasteiger partial charge in [-0.2, -0.15) is 4.98 Å². The summed E-state index contributed by atoms with van der Waals surface area (Å²) < 4.78 is 4.97. The molecule has 0 unspecified atom stereocenters. The first-order valence-electron chi connectivity index (χ1n) is 3.90. The quantitative estimate of drug-likeness (QED) is 0.798. The van der Waals surface area contributed by atoms with Crippen LogP contribution in [-0.4, -0.2) is 15.2 Å². The molecule has 0 aromatic carbocycles. The summed E-state index contributed by atoms with van der Waals surface area (Å²) in [6.07, 6.45) is 0.732. The minimum atomic E-state index is 0.191. The highest BCUT2D eigenvalue weighted by Gasteiger charge is 2.12. The molecule has 68 valence electrons. The Balaban J connectivity index is 2.41. The Bertz CT molecular complexity index is 408. The van der Waals surface area contributed by atoms with E-state index in [1.807, 2.05) is 6.92 Å². The average Bonchev–Trinajstić information content (AvgIpc) is 2.71. The molecule has 13 heavy (non-hydrogen) atoms. The highest BCUT2D eigenvalue weighted by atomic mass is 32.1. The molecule has 2 heterocycles. The van der Waals surface area contributed by atoms with Crippen LogP contribution in [0, 0.1) is 0 Å². The number of aryl methyl sites for hydroxylation is 1. The summed E-state index contributed by atoms with van der Waals surface area (Å²) >= 11 is 1.38. The number of hydrogen-bond acceptors (Lipinski definition) is 5. The summed E-state index contributed by atoms with van der Waals surface area (Å²) in [7, 11) is 0. The minimum Gasteiger partial charge on any atom is -0.506 e. The van der Waals surface area contributed by atoms with Crippen molar-refractivity contribution in [3.63, 3.8) is 0 Å². The van der Waals surface area contributed by atoms with E-state index in [0.717, 1.165) is 6.42 Å². The van der Waals surface area contributed by atoms with Crippen molar-refractivity contribution in [2.45, 2.75) is 13.3 Å². The zero-order valence-electron chi connectivity index (χ0n) is 7.02. The van der Waals surface area contributed by atoms with Crippen molar-refractivity contribution < 1.29 is 9.63 Å². The van der Waals surface area contributed by atoms with Crippen molar-refractivity contribution in [2.75, 3.05) is 0 Å². The Labute approximate surface area is 78.8 Å². The zero-order chi connectivity index (χ0) is 9.26. The van der Waals surface area contributed by atoms with Crippen LogP contribution in [-0.2, 0) is 6.42 Å². The van der Waals surface area contributed by atoms with Gasteiger partial charge in [-0.3, -0.25) is 0 Å². The van der Waals surface area contributed by atoms with E-state index in [4.69, 9.17) is 4.52 Å². The molecule has 2 aromatic heterocycles. The van der Waals surface area contributed by atoms with Crippen LogP contribution in [0.1, 0.15) is 12.7 Å². The van der Waals surface area contributed by atoms with Gasteiger partial charge in [-0.1, -0.05) is 12.1 Å². The number of aromatic nitrogens is 2. The van der Waals surface area contributed by atoms with E-state index in [1.54, 1.807) is 11.4 Å². The second-order valence-corrected chi connectivity index (χ2v) is 3.42. The molecule has 0 radical (unpaired) electrons. The predicted octanol–water partition coefficient (Wildman–Crippen LogP) is 2.07. The zero-order valence-corrected chi connectivity index (χ0v) is 7.84. The Hall–Kier alpha value is -1.36. The highest BCUT2D eigenvalue weighted by molar-refractivity contribution is 7.13. The van der Waals surface area contributed by atoms with Gasteiger partial charge in [-0.25, -0.2) is 0 Å². The van der Waals surface area contributed by atoms with Gasteiger partial charge in [-0.05, 0) is 11.4 Å². The summed E-state index contributed by atoms with van der Waals surface area (Å²) in [6, 6.07) is 1.61. The molecule has 5 heteroatoms. The number of thiophene rings is 1. The molecule has 2 aromatic rings. The molecule has 0 atom stereocenters. The topological polar surface area (TPSA) is 59.2 Å². The van der Waals surface area contributed by atoms with Crippen molar-refractivity contribution in [2.24, 2.45) is 0 Å². The number of nitrogens with zero attached hydrogens (tertiary/aromatic N) is 2. The van der Waals surface area contributed by atoms with Gasteiger partial charge >= 0.3 is 0 Å². The summed E-state index contributed by atoms with van der Waals surface area (Å²) in [6.45, 7) is 1.95. The van der Waals surface area contributed by atoms with Crippen LogP contribution in [0.4, 0.5) is 0 Å². The fraction of sp³-hybridized carbons (Fsp3) is 0.250. The number of hydrogen-bond donors (Lipinski definition) is 1. The van der Waals surface area contributed by atoms with Crippen molar-refractivity contribution in [1.82, 2.24) is 10.1 Å². The van der Waals surface area contributed by atoms with E-state index in [0.29, 0.717) is 16.6 Å². The molecule has 0 spiro atoms. The lowest BCUT2D eigenvalue weighted by molar-refractivity contribution is 0.419. The summed E-state index contributed by atoms with van der Waals surface area (Å²) in [5.74, 6) is 1.24. The van der Waals surface area contributed by atoms with Gasteiger partial charge in [0.2, 0.25) is 0 Å². The van der Waals surface area contributed by atoms with Gasteiger partial charge < -0.3 is 9.63 Å². The molecule has 4 nitrogen and oxygen atoms in total. The fourth-order valence-electron chi connectivity index (χ4n) is 0.952. The molecule has 0 bridgehead atoms. The van der Waals surface area contributed by atoms with Gasteiger partial charge in [0, 0.05) is 6.42 Å². The van der Waals surface area contributed by atoms with Crippen molar-refractivity contribution in [1.29, 1.82) is 0 Å². The maximum Gasteiger partial charge on any atom is 0.271 e. The Morgan fingerprint density at radius 2 is 2.46 bits per heavy atom. The Morgan fingerprint density at radius 1 is 1.62 bits per heavy atom. The van der Waals surface area contributed by atoms with Gasteiger partial charge in [0.25, 0.3) is 5.89 Å². The lowest BCUT2D eigenvalue weighted by Gasteiger charge is -1.87. The lowest BCUT2D eigenvalue weighted by atomic mass is 10.4. The molecular weight excluding hydrogens is 188 g/mol. The van der Waals surface area contributed by atoms with Gasteiger partial charge in [-0.15, -0.1) is 11.3 Å². The van der Waals surface area contributed by atoms with Crippen LogP contribution in [0.3, 0.4) is 0 Å². The van der Waals surface area contributed by atoms with Crippen molar-refractivity contribution in [3.05, 3.63) is 17.3 Å². The second-order valence-electron chi connectivity index (χ2n) is 2.50. The third kappa shape index (κ3) is 1.42. The third-order valence-corrected chi connectivity index (χ3v) is 2.51. The van der Waals surface area contributed by atoms with Crippen LogP contribution in [0.2, 0.25) is 0 Å². The lowest BCUT2D eigenvalue weighted by Crippen LogP contribution is -1.80. The first-order chi connectivity index (χ1) is 6.31. The maximum atomic E-state index is 9.37. The maximum absolute atomic E-state index is 9.37. The van der Waals surface area contributed by atoms with E-state index in [-0.39, 0.29) is 5.75 Å².